The second-order valence-corrected chi connectivity index (χ2v) is 9.94. The number of benzene rings is 5. The van der Waals surface area contributed by atoms with Crippen LogP contribution in [0.3, 0.4) is 0 Å². The van der Waals surface area contributed by atoms with Gasteiger partial charge in [-0.15, -0.1) is 0 Å². The van der Waals surface area contributed by atoms with Gasteiger partial charge in [0.05, 0.1) is 5.41 Å². The van der Waals surface area contributed by atoms with E-state index >= 15 is 0 Å². The summed E-state index contributed by atoms with van der Waals surface area (Å²) >= 11 is 0. The van der Waals surface area contributed by atoms with Gasteiger partial charge in [0.1, 0.15) is 0 Å². The molecule has 1 aromatic heterocycles. The molecule has 0 radical (unpaired) electrons. The number of nitrogens with zero attached hydrogens (tertiary/aromatic N) is 3. The van der Waals surface area contributed by atoms with Gasteiger partial charge in [-0.2, -0.15) is 0 Å². The molecule has 1 aliphatic carbocycles. The Morgan fingerprint density at radius 3 is 1.74 bits per heavy atom. The fourth-order valence-electron chi connectivity index (χ4n) is 6.07. The topological polar surface area (TPSA) is 29.0 Å². The largest absolute Gasteiger partial charge is 0.345 e. The van der Waals surface area contributed by atoms with E-state index in [2.05, 4.69) is 149 Å². The number of anilines is 2. The van der Waals surface area contributed by atoms with Crippen LogP contribution in [0.2, 0.25) is 0 Å². The van der Waals surface area contributed by atoms with Gasteiger partial charge in [0.2, 0.25) is 0 Å². The minimum atomic E-state index is -0.403. The van der Waals surface area contributed by atoms with E-state index in [1.54, 1.807) is 12.4 Å². The van der Waals surface area contributed by atoms with Crippen molar-refractivity contribution in [2.75, 3.05) is 11.9 Å². The van der Waals surface area contributed by atoms with Gasteiger partial charge in [-0.1, -0.05) is 91.0 Å². The van der Waals surface area contributed by atoms with E-state index in [9.17, 15) is 0 Å². The highest BCUT2D eigenvalue weighted by molar-refractivity contribution is 5.88. The van der Waals surface area contributed by atoms with Crippen LogP contribution in [-0.2, 0) is 5.41 Å². The molecule has 39 heavy (non-hydrogen) atoms. The molecule has 186 valence electrons. The molecular formula is C36H27N3. The molecule has 0 N–H and O–H groups in total. The van der Waals surface area contributed by atoms with Crippen molar-refractivity contribution in [2.45, 2.75) is 5.41 Å². The molecule has 7 rings (SSSR count). The van der Waals surface area contributed by atoms with Gasteiger partial charge in [0, 0.05) is 36.4 Å². The first kappa shape index (κ1) is 23.1. The maximum Gasteiger partial charge on any atom is 0.159 e. The lowest BCUT2D eigenvalue weighted by molar-refractivity contribution is 0.768. The van der Waals surface area contributed by atoms with Crippen LogP contribution in [0, 0.1) is 0 Å². The summed E-state index contributed by atoms with van der Waals surface area (Å²) in [6, 6.07) is 47.9. The Morgan fingerprint density at radius 2 is 1.08 bits per heavy atom. The molecule has 0 amide bonds. The standard InChI is InChI=1S/C36H27N3/c1-39(29-19-17-26(18-20-29)35-37-23-10-24-38-35)30-21-22-32-31-15-8-9-16-33(31)36(34(32)25-30,27-11-4-2-5-12-27)28-13-6-3-7-14-28/h2-25H,1H3. The summed E-state index contributed by atoms with van der Waals surface area (Å²) in [4.78, 5) is 11.0. The SMILES string of the molecule is CN(c1ccc(-c2ncccn2)cc1)c1ccc2c(c1)C(c1ccccc1)(c1ccccc1)c1ccccc1-2. The molecule has 1 heterocycles. The average molecular weight is 502 g/mol. The molecule has 0 saturated carbocycles. The maximum atomic E-state index is 4.39. The second kappa shape index (κ2) is 9.38. The van der Waals surface area contributed by atoms with Crippen molar-refractivity contribution in [3.05, 3.63) is 168 Å². The minimum absolute atomic E-state index is 0.403. The predicted molar refractivity (Wildman–Crippen MR) is 159 cm³/mol. The molecule has 0 saturated heterocycles. The number of rotatable bonds is 5. The summed E-state index contributed by atoms with van der Waals surface area (Å²) in [5.74, 6) is 0.734. The summed E-state index contributed by atoms with van der Waals surface area (Å²) in [6.07, 6.45) is 3.55. The summed E-state index contributed by atoms with van der Waals surface area (Å²) in [5.41, 5.74) is 10.6. The molecular weight excluding hydrogens is 474 g/mol. The minimum Gasteiger partial charge on any atom is -0.345 e. The van der Waals surface area contributed by atoms with Gasteiger partial charge in [-0.3, -0.25) is 0 Å². The Morgan fingerprint density at radius 1 is 0.513 bits per heavy atom. The molecule has 0 bridgehead atoms. The van der Waals surface area contributed by atoms with Crippen molar-refractivity contribution in [2.24, 2.45) is 0 Å². The van der Waals surface area contributed by atoms with Crippen LogP contribution in [0.15, 0.2) is 146 Å². The monoisotopic (exact) mass is 501 g/mol. The smallest absolute Gasteiger partial charge is 0.159 e. The Bertz CT molecular complexity index is 1710. The third-order valence-electron chi connectivity index (χ3n) is 7.91. The van der Waals surface area contributed by atoms with E-state index in [4.69, 9.17) is 0 Å². The summed E-state index contributed by atoms with van der Waals surface area (Å²) in [5, 5.41) is 0. The average Bonchev–Trinajstić information content (AvgIpc) is 3.32. The van der Waals surface area contributed by atoms with Crippen LogP contribution in [0.1, 0.15) is 22.3 Å². The lowest BCUT2D eigenvalue weighted by atomic mass is 9.67. The Labute approximate surface area is 229 Å². The summed E-state index contributed by atoms with van der Waals surface area (Å²) in [6.45, 7) is 0. The lowest BCUT2D eigenvalue weighted by Crippen LogP contribution is -2.28. The number of aromatic nitrogens is 2. The highest BCUT2D eigenvalue weighted by Crippen LogP contribution is 2.56. The molecule has 6 aromatic rings. The molecule has 3 nitrogen and oxygen atoms in total. The van der Waals surface area contributed by atoms with Crippen LogP contribution < -0.4 is 4.90 Å². The van der Waals surface area contributed by atoms with E-state index in [-0.39, 0.29) is 0 Å². The normalized spacial score (nSPS) is 12.9. The van der Waals surface area contributed by atoms with E-state index in [1.807, 2.05) is 6.07 Å². The third kappa shape index (κ3) is 3.66. The molecule has 1 aliphatic rings. The Balaban J connectivity index is 1.39. The van der Waals surface area contributed by atoms with Gasteiger partial charge < -0.3 is 4.90 Å². The van der Waals surface area contributed by atoms with Crippen molar-refractivity contribution in [1.29, 1.82) is 0 Å². The van der Waals surface area contributed by atoms with Crippen molar-refractivity contribution in [3.8, 4) is 22.5 Å². The van der Waals surface area contributed by atoms with Crippen LogP contribution in [-0.4, -0.2) is 17.0 Å². The van der Waals surface area contributed by atoms with Gasteiger partial charge in [-0.25, -0.2) is 9.97 Å². The van der Waals surface area contributed by atoms with Gasteiger partial charge in [-0.05, 0) is 75.8 Å². The van der Waals surface area contributed by atoms with Crippen molar-refractivity contribution >= 4 is 11.4 Å². The number of hydrogen-bond donors (Lipinski definition) is 0. The zero-order valence-corrected chi connectivity index (χ0v) is 21.7. The lowest BCUT2D eigenvalue weighted by Gasteiger charge is -2.34. The maximum absolute atomic E-state index is 4.39. The van der Waals surface area contributed by atoms with E-state index in [1.165, 1.54) is 33.4 Å². The molecule has 0 atom stereocenters. The van der Waals surface area contributed by atoms with E-state index in [0.29, 0.717) is 0 Å². The number of fused-ring (bicyclic) bond motifs is 3. The predicted octanol–water partition coefficient (Wildman–Crippen LogP) is 8.27. The zero-order valence-electron chi connectivity index (χ0n) is 21.7. The highest BCUT2D eigenvalue weighted by atomic mass is 15.1. The molecule has 0 aliphatic heterocycles. The fraction of sp³-hybridized carbons (Fsp3) is 0.0556. The second-order valence-electron chi connectivity index (χ2n) is 9.94. The molecule has 5 aromatic carbocycles. The van der Waals surface area contributed by atoms with Gasteiger partial charge in [0.15, 0.2) is 5.82 Å². The first-order valence-corrected chi connectivity index (χ1v) is 13.2. The first-order valence-electron chi connectivity index (χ1n) is 13.2. The fourth-order valence-corrected chi connectivity index (χ4v) is 6.07. The van der Waals surface area contributed by atoms with Gasteiger partial charge >= 0.3 is 0 Å². The summed E-state index contributed by atoms with van der Waals surface area (Å²) in [7, 11) is 2.13. The zero-order chi connectivity index (χ0) is 26.2. The van der Waals surface area contributed by atoms with Crippen LogP contribution in [0.4, 0.5) is 11.4 Å². The van der Waals surface area contributed by atoms with Crippen molar-refractivity contribution in [3.63, 3.8) is 0 Å². The molecule has 0 spiro atoms. The molecule has 0 unspecified atom stereocenters. The Kier molecular flexibility index (Phi) is 5.56. The van der Waals surface area contributed by atoms with Crippen LogP contribution >= 0.6 is 0 Å². The molecule has 3 heteroatoms. The molecule has 0 fully saturated rings. The number of hydrogen-bond acceptors (Lipinski definition) is 3. The van der Waals surface area contributed by atoms with Crippen molar-refractivity contribution < 1.29 is 0 Å². The van der Waals surface area contributed by atoms with E-state index in [0.717, 1.165) is 22.8 Å². The third-order valence-corrected chi connectivity index (χ3v) is 7.91. The van der Waals surface area contributed by atoms with Gasteiger partial charge in [0.25, 0.3) is 0 Å². The Hall–Kier alpha value is -5.02. The quantitative estimate of drug-likeness (QED) is 0.238. The first-order chi connectivity index (χ1) is 19.3. The van der Waals surface area contributed by atoms with Crippen molar-refractivity contribution in [1.82, 2.24) is 9.97 Å². The van der Waals surface area contributed by atoms with Crippen LogP contribution in [0.25, 0.3) is 22.5 Å². The highest BCUT2D eigenvalue weighted by Gasteiger charge is 2.46. The summed E-state index contributed by atoms with van der Waals surface area (Å²) < 4.78 is 0. The van der Waals surface area contributed by atoms with E-state index < -0.39 is 5.41 Å². The van der Waals surface area contributed by atoms with Crippen LogP contribution in [0.5, 0.6) is 0 Å².